The molecule has 1 aliphatic rings. The highest BCUT2D eigenvalue weighted by atomic mass is 32.1. The quantitative estimate of drug-likeness (QED) is 0.606. The fraction of sp³-hybridized carbons (Fsp3) is 0.105. The highest BCUT2D eigenvalue weighted by Gasteiger charge is 2.15. The van der Waals surface area contributed by atoms with E-state index in [1.807, 2.05) is 18.2 Å². The number of carbonyl (C=O) groups is 2. The van der Waals surface area contributed by atoms with E-state index < -0.39 is 0 Å². The summed E-state index contributed by atoms with van der Waals surface area (Å²) in [6.45, 7) is 1.64. The minimum absolute atomic E-state index is 0.179. The van der Waals surface area contributed by atoms with Crippen LogP contribution in [-0.4, -0.2) is 23.6 Å². The molecule has 2 amide bonds. The molecule has 1 aliphatic heterocycles. The van der Waals surface area contributed by atoms with Crippen LogP contribution in [0.5, 0.6) is 11.5 Å². The lowest BCUT2D eigenvalue weighted by atomic mass is 10.2. The van der Waals surface area contributed by atoms with Crippen molar-refractivity contribution in [2.24, 2.45) is 0 Å². The van der Waals surface area contributed by atoms with Crippen LogP contribution in [0.15, 0.2) is 47.8 Å². The molecule has 142 valence electrons. The minimum Gasteiger partial charge on any atom is -0.454 e. The van der Waals surface area contributed by atoms with Crippen molar-refractivity contribution >= 4 is 45.3 Å². The number of hydrogen-bond acceptors (Lipinski definition) is 7. The Morgan fingerprint density at radius 1 is 1.00 bits per heavy atom. The van der Waals surface area contributed by atoms with Gasteiger partial charge in [-0.2, -0.15) is 0 Å². The number of benzene rings is 2. The predicted molar refractivity (Wildman–Crippen MR) is 107 cm³/mol. The Bertz CT molecular complexity index is 1050. The van der Waals surface area contributed by atoms with Gasteiger partial charge < -0.3 is 25.4 Å². The van der Waals surface area contributed by atoms with Gasteiger partial charge in [-0.05, 0) is 30.3 Å². The summed E-state index contributed by atoms with van der Waals surface area (Å²) in [5, 5.41) is 10.8. The Labute approximate surface area is 164 Å². The summed E-state index contributed by atoms with van der Waals surface area (Å²) < 4.78 is 10.6. The molecule has 0 spiro atoms. The summed E-state index contributed by atoms with van der Waals surface area (Å²) in [7, 11) is 0. The van der Waals surface area contributed by atoms with E-state index in [1.54, 1.807) is 29.6 Å². The SMILES string of the molecule is CC(=O)Nc1cccc(NC(=O)c2csc(Nc3ccc4c(c3)OCO4)n2)c1. The zero-order valence-electron chi connectivity index (χ0n) is 14.8. The summed E-state index contributed by atoms with van der Waals surface area (Å²) in [6, 6.07) is 12.4. The van der Waals surface area contributed by atoms with Crippen molar-refractivity contribution in [2.75, 3.05) is 22.7 Å². The molecule has 28 heavy (non-hydrogen) atoms. The molecule has 1 aromatic heterocycles. The number of aromatic nitrogens is 1. The zero-order valence-corrected chi connectivity index (χ0v) is 15.6. The molecule has 2 aromatic carbocycles. The van der Waals surface area contributed by atoms with E-state index in [2.05, 4.69) is 20.9 Å². The minimum atomic E-state index is -0.338. The summed E-state index contributed by atoms with van der Waals surface area (Å²) >= 11 is 1.32. The Morgan fingerprint density at radius 3 is 2.61 bits per heavy atom. The average Bonchev–Trinajstić information content (AvgIpc) is 3.30. The van der Waals surface area contributed by atoms with Gasteiger partial charge in [0.1, 0.15) is 5.69 Å². The zero-order chi connectivity index (χ0) is 19.5. The normalized spacial score (nSPS) is 11.8. The molecule has 0 saturated heterocycles. The summed E-state index contributed by atoms with van der Waals surface area (Å²) in [5.74, 6) is 0.849. The Hall–Kier alpha value is -3.59. The lowest BCUT2D eigenvalue weighted by molar-refractivity contribution is -0.114. The first-order chi connectivity index (χ1) is 13.6. The van der Waals surface area contributed by atoms with Gasteiger partial charge in [-0.3, -0.25) is 9.59 Å². The number of thiazole rings is 1. The number of nitrogens with zero attached hydrogens (tertiary/aromatic N) is 1. The molecule has 2 heterocycles. The van der Waals surface area contributed by atoms with Crippen LogP contribution < -0.4 is 25.4 Å². The lowest BCUT2D eigenvalue weighted by Crippen LogP contribution is -2.13. The highest BCUT2D eigenvalue weighted by Crippen LogP contribution is 2.35. The Kier molecular flexibility index (Phi) is 4.81. The molecule has 0 aliphatic carbocycles. The van der Waals surface area contributed by atoms with Crippen LogP contribution in [0.1, 0.15) is 17.4 Å². The van der Waals surface area contributed by atoms with E-state index in [0.29, 0.717) is 28.0 Å². The molecule has 8 nitrogen and oxygen atoms in total. The second kappa shape index (κ2) is 7.57. The molecule has 0 unspecified atom stereocenters. The maximum absolute atomic E-state index is 12.4. The second-order valence-corrected chi connectivity index (χ2v) is 6.81. The van der Waals surface area contributed by atoms with Gasteiger partial charge in [0.2, 0.25) is 12.7 Å². The van der Waals surface area contributed by atoms with Crippen molar-refractivity contribution in [3.05, 3.63) is 53.5 Å². The van der Waals surface area contributed by atoms with Crippen LogP contribution in [0.3, 0.4) is 0 Å². The summed E-state index contributed by atoms with van der Waals surface area (Å²) in [5.41, 5.74) is 2.25. The first-order valence-electron chi connectivity index (χ1n) is 8.38. The maximum Gasteiger partial charge on any atom is 0.275 e. The van der Waals surface area contributed by atoms with Gasteiger partial charge >= 0.3 is 0 Å². The van der Waals surface area contributed by atoms with Crippen molar-refractivity contribution in [1.82, 2.24) is 4.98 Å². The first kappa shape index (κ1) is 17.8. The van der Waals surface area contributed by atoms with E-state index in [-0.39, 0.29) is 24.3 Å². The van der Waals surface area contributed by atoms with Crippen LogP contribution in [0.2, 0.25) is 0 Å². The monoisotopic (exact) mass is 396 g/mol. The number of carbonyl (C=O) groups excluding carboxylic acids is 2. The van der Waals surface area contributed by atoms with Gasteiger partial charge in [-0.1, -0.05) is 6.07 Å². The van der Waals surface area contributed by atoms with Gasteiger partial charge in [0.15, 0.2) is 16.6 Å². The molecule has 0 saturated carbocycles. The summed E-state index contributed by atoms with van der Waals surface area (Å²) in [6.07, 6.45) is 0. The van der Waals surface area contributed by atoms with Crippen LogP contribution in [0, 0.1) is 0 Å². The molecule has 0 bridgehead atoms. The molecule has 4 rings (SSSR count). The Morgan fingerprint density at radius 2 is 1.79 bits per heavy atom. The largest absolute Gasteiger partial charge is 0.454 e. The third-order valence-corrected chi connectivity index (χ3v) is 4.56. The van der Waals surface area contributed by atoms with Crippen LogP contribution in [0.4, 0.5) is 22.2 Å². The van der Waals surface area contributed by atoms with Gasteiger partial charge in [-0.25, -0.2) is 4.98 Å². The van der Waals surface area contributed by atoms with E-state index >= 15 is 0 Å². The number of nitrogens with one attached hydrogen (secondary N) is 3. The van der Waals surface area contributed by atoms with Crippen LogP contribution >= 0.6 is 11.3 Å². The van der Waals surface area contributed by atoms with Crippen LogP contribution in [0.25, 0.3) is 0 Å². The molecular weight excluding hydrogens is 380 g/mol. The van der Waals surface area contributed by atoms with Crippen molar-refractivity contribution in [3.63, 3.8) is 0 Å². The average molecular weight is 396 g/mol. The van der Waals surface area contributed by atoms with Crippen molar-refractivity contribution in [2.45, 2.75) is 6.92 Å². The standard InChI is InChI=1S/C19H16N4O4S/c1-11(24)20-12-3-2-4-13(7-12)21-18(25)15-9-28-19(23-15)22-14-5-6-16-17(8-14)27-10-26-16/h2-9H,10H2,1H3,(H,20,24)(H,21,25)(H,22,23). The number of hydrogen-bond donors (Lipinski definition) is 3. The molecule has 0 atom stereocenters. The van der Waals surface area contributed by atoms with Gasteiger partial charge in [0.05, 0.1) is 0 Å². The number of ether oxygens (including phenoxy) is 2. The number of anilines is 4. The smallest absolute Gasteiger partial charge is 0.275 e. The molecule has 0 radical (unpaired) electrons. The lowest BCUT2D eigenvalue weighted by Gasteiger charge is -2.06. The van der Waals surface area contributed by atoms with E-state index in [0.717, 1.165) is 5.69 Å². The van der Waals surface area contributed by atoms with Gasteiger partial charge in [0, 0.05) is 35.4 Å². The summed E-state index contributed by atoms with van der Waals surface area (Å²) in [4.78, 5) is 27.9. The third-order valence-electron chi connectivity index (χ3n) is 3.80. The molecule has 0 fully saturated rings. The first-order valence-corrected chi connectivity index (χ1v) is 9.26. The van der Waals surface area contributed by atoms with E-state index in [9.17, 15) is 9.59 Å². The third kappa shape index (κ3) is 4.04. The van der Waals surface area contributed by atoms with Crippen LogP contribution in [-0.2, 0) is 4.79 Å². The van der Waals surface area contributed by atoms with E-state index in [1.165, 1.54) is 18.3 Å². The number of amides is 2. The number of rotatable bonds is 5. The van der Waals surface area contributed by atoms with Crippen molar-refractivity contribution < 1.29 is 19.1 Å². The molecule has 9 heteroatoms. The highest BCUT2D eigenvalue weighted by molar-refractivity contribution is 7.14. The van der Waals surface area contributed by atoms with Crippen molar-refractivity contribution in [1.29, 1.82) is 0 Å². The molecule has 3 aromatic rings. The fourth-order valence-electron chi connectivity index (χ4n) is 2.61. The van der Waals surface area contributed by atoms with E-state index in [4.69, 9.17) is 9.47 Å². The van der Waals surface area contributed by atoms with Crippen molar-refractivity contribution in [3.8, 4) is 11.5 Å². The maximum atomic E-state index is 12.4. The number of fused-ring (bicyclic) bond motifs is 1. The molecule has 3 N–H and O–H groups in total. The topological polar surface area (TPSA) is 102 Å². The Balaban J connectivity index is 1.42. The van der Waals surface area contributed by atoms with Gasteiger partial charge in [0.25, 0.3) is 5.91 Å². The van der Waals surface area contributed by atoms with Gasteiger partial charge in [-0.15, -0.1) is 11.3 Å². The second-order valence-electron chi connectivity index (χ2n) is 5.95. The predicted octanol–water partition coefficient (Wildman–Crippen LogP) is 3.83. The molecular formula is C19H16N4O4S. The fourth-order valence-corrected chi connectivity index (χ4v) is 3.32.